The average molecular weight is 478 g/mol. The molecule has 158 valence electrons. The van der Waals surface area contributed by atoms with Crippen molar-refractivity contribution in [2.24, 2.45) is 5.92 Å². The van der Waals surface area contributed by atoms with Gasteiger partial charge in [-0.15, -0.1) is 0 Å². The van der Waals surface area contributed by atoms with Crippen molar-refractivity contribution < 1.29 is 9.59 Å². The summed E-state index contributed by atoms with van der Waals surface area (Å²) in [5.74, 6) is -0.0791. The molecule has 1 saturated heterocycles. The molecular formula is C25H24BrN3O2. The molecule has 1 N–H and O–H groups in total. The van der Waals surface area contributed by atoms with Crippen molar-refractivity contribution in [3.05, 3.63) is 82.5 Å². The van der Waals surface area contributed by atoms with Crippen molar-refractivity contribution in [1.29, 1.82) is 0 Å². The summed E-state index contributed by atoms with van der Waals surface area (Å²) >= 11 is 3.48. The van der Waals surface area contributed by atoms with Gasteiger partial charge in [0.2, 0.25) is 5.91 Å². The van der Waals surface area contributed by atoms with Crippen LogP contribution in [0.25, 0.3) is 11.3 Å². The second-order valence-electron chi connectivity index (χ2n) is 7.76. The van der Waals surface area contributed by atoms with E-state index in [1.165, 1.54) is 0 Å². The van der Waals surface area contributed by atoms with Crippen LogP contribution in [0.15, 0.2) is 71.2 Å². The lowest BCUT2D eigenvalue weighted by Gasteiger charge is -2.31. The third-order valence-electron chi connectivity index (χ3n) is 5.63. The van der Waals surface area contributed by atoms with E-state index in [1.54, 1.807) is 0 Å². The first-order valence-electron chi connectivity index (χ1n) is 10.4. The Bertz CT molecular complexity index is 1090. The highest BCUT2D eigenvalue weighted by atomic mass is 79.9. The Hall–Kier alpha value is -2.99. The number of nitrogens with one attached hydrogen (secondary N) is 1. The lowest BCUT2D eigenvalue weighted by atomic mass is 9.95. The van der Waals surface area contributed by atoms with E-state index in [0.29, 0.717) is 37.2 Å². The van der Waals surface area contributed by atoms with Crippen LogP contribution in [-0.2, 0) is 4.79 Å². The van der Waals surface area contributed by atoms with Gasteiger partial charge in [0.05, 0.1) is 17.0 Å². The molecule has 0 spiro atoms. The molecule has 1 fully saturated rings. The van der Waals surface area contributed by atoms with E-state index in [-0.39, 0.29) is 17.7 Å². The second kappa shape index (κ2) is 9.43. The van der Waals surface area contributed by atoms with E-state index in [9.17, 15) is 9.59 Å². The molecule has 3 aromatic rings. The number of piperidine rings is 1. The Morgan fingerprint density at radius 1 is 1.00 bits per heavy atom. The standard InChI is InChI=1S/C25H24BrN3O2/c1-17-22(10-11-23(27-17)19-6-5-7-20(26)16-19)25(31)29-14-12-18(13-15-29)24(30)28-21-8-3-2-4-9-21/h2-11,16,18H,12-15H2,1H3,(H,28,30). The highest BCUT2D eigenvalue weighted by Gasteiger charge is 2.28. The Kier molecular flexibility index (Phi) is 6.47. The molecule has 2 amide bonds. The van der Waals surface area contributed by atoms with Crippen molar-refractivity contribution in [2.75, 3.05) is 18.4 Å². The molecule has 0 aliphatic carbocycles. The molecule has 0 bridgehead atoms. The predicted octanol–water partition coefficient (Wildman–Crippen LogP) is 5.31. The second-order valence-corrected chi connectivity index (χ2v) is 8.68. The fourth-order valence-electron chi connectivity index (χ4n) is 3.88. The molecular weight excluding hydrogens is 454 g/mol. The molecule has 0 unspecified atom stereocenters. The topological polar surface area (TPSA) is 62.3 Å². The number of carbonyl (C=O) groups is 2. The monoisotopic (exact) mass is 477 g/mol. The van der Waals surface area contributed by atoms with Gasteiger partial charge < -0.3 is 10.2 Å². The SMILES string of the molecule is Cc1nc(-c2cccc(Br)c2)ccc1C(=O)N1CCC(C(=O)Nc2ccccc2)CC1. The maximum absolute atomic E-state index is 13.1. The number of hydrogen-bond acceptors (Lipinski definition) is 3. The number of aryl methyl sites for hydroxylation is 1. The molecule has 1 aliphatic rings. The number of carbonyl (C=O) groups excluding carboxylic acids is 2. The highest BCUT2D eigenvalue weighted by molar-refractivity contribution is 9.10. The zero-order valence-electron chi connectivity index (χ0n) is 17.3. The van der Waals surface area contributed by atoms with Gasteiger partial charge in [-0.3, -0.25) is 14.6 Å². The van der Waals surface area contributed by atoms with Crippen LogP contribution in [0.2, 0.25) is 0 Å². The third-order valence-corrected chi connectivity index (χ3v) is 6.12. The first-order chi connectivity index (χ1) is 15.0. The van der Waals surface area contributed by atoms with Crippen LogP contribution < -0.4 is 5.32 Å². The summed E-state index contributed by atoms with van der Waals surface area (Å²) in [7, 11) is 0. The summed E-state index contributed by atoms with van der Waals surface area (Å²) in [6.07, 6.45) is 1.32. The van der Waals surface area contributed by atoms with Crippen molar-refractivity contribution in [3.63, 3.8) is 0 Å². The van der Waals surface area contributed by atoms with Gasteiger partial charge in [0.15, 0.2) is 0 Å². The summed E-state index contributed by atoms with van der Waals surface area (Å²) in [5.41, 5.74) is 3.98. The van der Waals surface area contributed by atoms with Gasteiger partial charge in [-0.25, -0.2) is 0 Å². The van der Waals surface area contributed by atoms with Crippen LogP contribution in [-0.4, -0.2) is 34.8 Å². The number of likely N-dealkylation sites (tertiary alicyclic amines) is 1. The number of amides is 2. The molecule has 2 heterocycles. The molecule has 0 radical (unpaired) electrons. The van der Waals surface area contributed by atoms with Gasteiger partial charge in [0.25, 0.3) is 5.91 Å². The highest BCUT2D eigenvalue weighted by Crippen LogP contribution is 2.25. The quantitative estimate of drug-likeness (QED) is 0.553. The van der Waals surface area contributed by atoms with E-state index < -0.39 is 0 Å². The largest absolute Gasteiger partial charge is 0.339 e. The number of rotatable bonds is 4. The van der Waals surface area contributed by atoms with Crippen molar-refractivity contribution in [3.8, 4) is 11.3 Å². The minimum absolute atomic E-state index is 0.0206. The normalized spacial score (nSPS) is 14.3. The van der Waals surface area contributed by atoms with Crippen molar-refractivity contribution >= 4 is 33.4 Å². The Morgan fingerprint density at radius 3 is 2.42 bits per heavy atom. The fourth-order valence-corrected chi connectivity index (χ4v) is 4.28. The maximum atomic E-state index is 13.1. The smallest absolute Gasteiger partial charge is 0.255 e. The Balaban J connectivity index is 1.39. The zero-order chi connectivity index (χ0) is 21.8. The van der Waals surface area contributed by atoms with Crippen molar-refractivity contribution in [1.82, 2.24) is 9.88 Å². The number of pyridine rings is 1. The van der Waals surface area contributed by atoms with Gasteiger partial charge in [-0.2, -0.15) is 0 Å². The number of halogens is 1. The maximum Gasteiger partial charge on any atom is 0.255 e. The predicted molar refractivity (Wildman–Crippen MR) is 126 cm³/mol. The minimum atomic E-state index is -0.0811. The van der Waals surface area contributed by atoms with Crippen molar-refractivity contribution in [2.45, 2.75) is 19.8 Å². The molecule has 2 aromatic carbocycles. The number of anilines is 1. The first-order valence-corrected chi connectivity index (χ1v) is 11.2. The molecule has 4 rings (SSSR count). The Labute approximate surface area is 190 Å². The molecule has 1 aliphatic heterocycles. The van der Waals surface area contributed by atoms with Crippen LogP contribution >= 0.6 is 15.9 Å². The van der Waals surface area contributed by atoms with Crippen LogP contribution in [0.3, 0.4) is 0 Å². The first kappa shape index (κ1) is 21.2. The van der Waals surface area contributed by atoms with Gasteiger partial charge in [0.1, 0.15) is 0 Å². The van der Waals surface area contributed by atoms with Crippen LogP contribution in [0.4, 0.5) is 5.69 Å². The van der Waals surface area contributed by atoms with E-state index in [0.717, 1.165) is 21.4 Å². The summed E-state index contributed by atoms with van der Waals surface area (Å²) in [6, 6.07) is 21.2. The fraction of sp³-hybridized carbons (Fsp3) is 0.240. The number of aromatic nitrogens is 1. The summed E-state index contributed by atoms with van der Waals surface area (Å²) < 4.78 is 0.990. The van der Waals surface area contributed by atoms with Crippen LogP contribution in [0.1, 0.15) is 28.9 Å². The van der Waals surface area contributed by atoms with Gasteiger partial charge >= 0.3 is 0 Å². The summed E-state index contributed by atoms with van der Waals surface area (Å²) in [4.78, 5) is 32.1. The number of nitrogens with zero attached hydrogens (tertiary/aromatic N) is 2. The molecule has 1 aromatic heterocycles. The molecule has 6 heteroatoms. The summed E-state index contributed by atoms with van der Waals surface area (Å²) in [5, 5.41) is 2.97. The van der Waals surface area contributed by atoms with E-state index >= 15 is 0 Å². The molecule has 31 heavy (non-hydrogen) atoms. The molecule has 0 saturated carbocycles. The van der Waals surface area contributed by atoms with Gasteiger partial charge in [-0.1, -0.05) is 46.3 Å². The molecule has 5 nitrogen and oxygen atoms in total. The number of hydrogen-bond donors (Lipinski definition) is 1. The van der Waals surface area contributed by atoms with Gasteiger partial charge in [-0.05, 0) is 56.2 Å². The van der Waals surface area contributed by atoms with Crippen LogP contribution in [0, 0.1) is 12.8 Å². The number of benzene rings is 2. The zero-order valence-corrected chi connectivity index (χ0v) is 18.9. The average Bonchev–Trinajstić information content (AvgIpc) is 2.79. The molecule has 0 atom stereocenters. The summed E-state index contributed by atoms with van der Waals surface area (Å²) in [6.45, 7) is 3.01. The number of para-hydroxylation sites is 1. The van der Waals surface area contributed by atoms with Crippen LogP contribution in [0.5, 0.6) is 0 Å². The van der Waals surface area contributed by atoms with E-state index in [2.05, 4.69) is 26.2 Å². The third kappa shape index (κ3) is 5.02. The lowest BCUT2D eigenvalue weighted by Crippen LogP contribution is -2.41. The lowest BCUT2D eigenvalue weighted by molar-refractivity contribution is -0.121. The van der Waals surface area contributed by atoms with E-state index in [4.69, 9.17) is 0 Å². The minimum Gasteiger partial charge on any atom is -0.339 e. The van der Waals surface area contributed by atoms with Gasteiger partial charge in [0, 0.05) is 34.7 Å². The van der Waals surface area contributed by atoms with E-state index in [1.807, 2.05) is 78.6 Å². The Morgan fingerprint density at radius 2 is 1.74 bits per heavy atom.